The molecule has 0 atom stereocenters. The van der Waals surface area contributed by atoms with Crippen molar-refractivity contribution in [2.24, 2.45) is 0 Å². The van der Waals surface area contributed by atoms with Crippen LogP contribution in [-0.2, 0) is 6.54 Å². The lowest BCUT2D eigenvalue weighted by Crippen LogP contribution is -2.27. The fourth-order valence-electron chi connectivity index (χ4n) is 2.38. The minimum Gasteiger partial charge on any atom is -0.477 e. The van der Waals surface area contributed by atoms with E-state index in [-0.39, 0.29) is 11.6 Å². The molecule has 0 bridgehead atoms. The second-order valence-electron chi connectivity index (χ2n) is 5.09. The lowest BCUT2D eigenvalue weighted by atomic mass is 10.1. The van der Waals surface area contributed by atoms with Crippen LogP contribution in [0.1, 0.15) is 43.4 Å². The van der Waals surface area contributed by atoms with Crippen molar-refractivity contribution >= 4 is 11.9 Å². The van der Waals surface area contributed by atoms with E-state index in [4.69, 9.17) is 9.52 Å². The Morgan fingerprint density at radius 1 is 1.33 bits per heavy atom. The average molecular weight is 290 g/mol. The van der Waals surface area contributed by atoms with Crippen molar-refractivity contribution in [3.05, 3.63) is 46.2 Å². The van der Waals surface area contributed by atoms with E-state index in [0.717, 1.165) is 11.3 Å². The van der Waals surface area contributed by atoms with Gasteiger partial charge >= 0.3 is 5.97 Å². The molecule has 6 heteroatoms. The zero-order valence-corrected chi connectivity index (χ0v) is 12.5. The lowest BCUT2D eigenvalue weighted by Gasteiger charge is -2.17. The van der Waals surface area contributed by atoms with Gasteiger partial charge in [-0.15, -0.1) is 0 Å². The number of aromatic amines is 1. The third-order valence-electron chi connectivity index (χ3n) is 3.59. The highest BCUT2D eigenvalue weighted by Crippen LogP contribution is 2.21. The number of carbonyl (C=O) groups is 2. The van der Waals surface area contributed by atoms with E-state index in [1.807, 2.05) is 13.0 Å². The molecule has 0 spiro atoms. The first-order valence-electron chi connectivity index (χ1n) is 6.53. The standard InChI is InChI=1S/C15H18N2O4/c1-8-12(9(2)16-13(8)15(19)20)14(18)17(4)7-11-5-6-21-10(11)3/h5-6,16H,7H2,1-4H3,(H,19,20). The molecule has 21 heavy (non-hydrogen) atoms. The number of carboxylic acids is 1. The molecule has 2 aromatic heterocycles. The minimum absolute atomic E-state index is 0.0590. The van der Waals surface area contributed by atoms with Gasteiger partial charge in [0.15, 0.2) is 0 Å². The quantitative estimate of drug-likeness (QED) is 0.905. The normalized spacial score (nSPS) is 10.7. The number of aromatic carboxylic acids is 1. The number of H-pyrrole nitrogens is 1. The van der Waals surface area contributed by atoms with E-state index in [1.165, 1.54) is 0 Å². The van der Waals surface area contributed by atoms with Gasteiger partial charge in [-0.1, -0.05) is 0 Å². The monoisotopic (exact) mass is 290 g/mol. The first-order chi connectivity index (χ1) is 9.82. The van der Waals surface area contributed by atoms with Gasteiger partial charge in [-0.3, -0.25) is 4.79 Å². The number of nitrogens with zero attached hydrogens (tertiary/aromatic N) is 1. The van der Waals surface area contributed by atoms with E-state index in [1.54, 1.807) is 32.1 Å². The Bertz CT molecular complexity index is 697. The second-order valence-corrected chi connectivity index (χ2v) is 5.09. The Labute approximate surface area is 122 Å². The van der Waals surface area contributed by atoms with Gasteiger partial charge in [0.2, 0.25) is 0 Å². The summed E-state index contributed by atoms with van der Waals surface area (Å²) in [6, 6.07) is 1.82. The van der Waals surface area contributed by atoms with Crippen LogP contribution in [0, 0.1) is 20.8 Å². The highest BCUT2D eigenvalue weighted by Gasteiger charge is 2.24. The van der Waals surface area contributed by atoms with Crippen molar-refractivity contribution in [2.45, 2.75) is 27.3 Å². The first-order valence-corrected chi connectivity index (χ1v) is 6.53. The minimum atomic E-state index is -1.07. The number of aryl methyl sites for hydroxylation is 2. The number of hydrogen-bond acceptors (Lipinski definition) is 3. The fourth-order valence-corrected chi connectivity index (χ4v) is 2.38. The molecular formula is C15H18N2O4. The maximum Gasteiger partial charge on any atom is 0.352 e. The van der Waals surface area contributed by atoms with Crippen LogP contribution in [0.5, 0.6) is 0 Å². The van der Waals surface area contributed by atoms with E-state index >= 15 is 0 Å². The zero-order valence-electron chi connectivity index (χ0n) is 12.5. The van der Waals surface area contributed by atoms with E-state index in [0.29, 0.717) is 23.4 Å². The Balaban J connectivity index is 2.28. The van der Waals surface area contributed by atoms with Crippen LogP contribution in [0.4, 0.5) is 0 Å². The number of amides is 1. The van der Waals surface area contributed by atoms with Crippen molar-refractivity contribution in [3.8, 4) is 0 Å². The molecule has 0 fully saturated rings. The molecule has 0 unspecified atom stereocenters. The Kier molecular flexibility index (Phi) is 3.88. The maximum atomic E-state index is 12.5. The summed E-state index contributed by atoms with van der Waals surface area (Å²) in [6.07, 6.45) is 1.58. The molecule has 112 valence electrons. The van der Waals surface area contributed by atoms with E-state index in [9.17, 15) is 9.59 Å². The smallest absolute Gasteiger partial charge is 0.352 e. The van der Waals surface area contributed by atoms with Gasteiger partial charge in [-0.2, -0.15) is 0 Å². The van der Waals surface area contributed by atoms with Gasteiger partial charge in [0.25, 0.3) is 5.91 Å². The van der Waals surface area contributed by atoms with Crippen LogP contribution in [0.2, 0.25) is 0 Å². The molecule has 2 aromatic rings. The number of carboxylic acid groups (broad SMARTS) is 1. The number of aromatic nitrogens is 1. The summed E-state index contributed by atoms with van der Waals surface area (Å²) in [5.41, 5.74) is 2.42. The number of rotatable bonds is 4. The lowest BCUT2D eigenvalue weighted by molar-refractivity contribution is 0.0690. The number of carbonyl (C=O) groups excluding carboxylic acids is 1. The highest BCUT2D eigenvalue weighted by atomic mass is 16.4. The van der Waals surface area contributed by atoms with Crippen LogP contribution in [0.25, 0.3) is 0 Å². The number of nitrogens with one attached hydrogen (secondary N) is 1. The van der Waals surface area contributed by atoms with Crippen LogP contribution in [-0.4, -0.2) is 33.9 Å². The molecule has 1 amide bonds. The molecule has 0 aliphatic carbocycles. The molecule has 2 rings (SSSR count). The summed E-state index contributed by atoms with van der Waals surface area (Å²) in [6.45, 7) is 5.58. The van der Waals surface area contributed by atoms with Gasteiger partial charge in [-0.05, 0) is 32.4 Å². The third kappa shape index (κ3) is 2.69. The molecule has 6 nitrogen and oxygen atoms in total. The number of furan rings is 1. The van der Waals surface area contributed by atoms with Crippen LogP contribution in [0.15, 0.2) is 16.7 Å². The summed E-state index contributed by atoms with van der Waals surface area (Å²) in [5, 5.41) is 9.10. The SMILES string of the molecule is Cc1[nH]c(C(=O)O)c(C)c1C(=O)N(C)Cc1ccoc1C. The fraction of sp³-hybridized carbons (Fsp3) is 0.333. The topological polar surface area (TPSA) is 86.5 Å². The number of hydrogen-bond donors (Lipinski definition) is 2. The van der Waals surface area contributed by atoms with Crippen molar-refractivity contribution in [3.63, 3.8) is 0 Å². The maximum absolute atomic E-state index is 12.5. The Morgan fingerprint density at radius 2 is 2.00 bits per heavy atom. The van der Waals surface area contributed by atoms with Gasteiger partial charge in [0, 0.05) is 24.8 Å². The van der Waals surface area contributed by atoms with Gasteiger partial charge in [0.1, 0.15) is 11.5 Å². The molecule has 2 heterocycles. The van der Waals surface area contributed by atoms with Crippen LogP contribution in [0.3, 0.4) is 0 Å². The second kappa shape index (κ2) is 5.47. The van der Waals surface area contributed by atoms with Crippen LogP contribution >= 0.6 is 0 Å². The molecular weight excluding hydrogens is 272 g/mol. The average Bonchev–Trinajstić information content (AvgIpc) is 2.93. The van der Waals surface area contributed by atoms with Crippen molar-refractivity contribution in [1.29, 1.82) is 0 Å². The molecule has 2 N–H and O–H groups in total. The van der Waals surface area contributed by atoms with Gasteiger partial charge in [-0.25, -0.2) is 4.79 Å². The third-order valence-corrected chi connectivity index (χ3v) is 3.59. The van der Waals surface area contributed by atoms with E-state index < -0.39 is 5.97 Å². The predicted octanol–water partition coefficient (Wildman–Crippen LogP) is 2.50. The van der Waals surface area contributed by atoms with Crippen molar-refractivity contribution in [2.75, 3.05) is 7.05 Å². The van der Waals surface area contributed by atoms with Gasteiger partial charge in [0.05, 0.1) is 11.8 Å². The molecule has 0 aliphatic heterocycles. The largest absolute Gasteiger partial charge is 0.477 e. The summed E-state index contributed by atoms with van der Waals surface area (Å²) < 4.78 is 5.21. The molecule has 0 saturated carbocycles. The van der Waals surface area contributed by atoms with E-state index in [2.05, 4.69) is 4.98 Å². The molecule has 0 aromatic carbocycles. The first kappa shape index (κ1) is 14.9. The van der Waals surface area contributed by atoms with Crippen molar-refractivity contribution < 1.29 is 19.1 Å². The summed E-state index contributed by atoms with van der Waals surface area (Å²) in [5.74, 6) is -0.513. The molecule has 0 aliphatic rings. The Hall–Kier alpha value is -2.50. The Morgan fingerprint density at radius 3 is 2.48 bits per heavy atom. The zero-order chi connectivity index (χ0) is 15.7. The van der Waals surface area contributed by atoms with Crippen molar-refractivity contribution in [1.82, 2.24) is 9.88 Å². The molecule has 0 saturated heterocycles. The summed E-state index contributed by atoms with van der Waals surface area (Å²) >= 11 is 0. The summed E-state index contributed by atoms with van der Waals surface area (Å²) in [7, 11) is 1.68. The predicted molar refractivity (Wildman–Crippen MR) is 76.5 cm³/mol. The summed E-state index contributed by atoms with van der Waals surface area (Å²) in [4.78, 5) is 28.0. The molecule has 0 radical (unpaired) electrons. The van der Waals surface area contributed by atoms with Gasteiger partial charge < -0.3 is 19.4 Å². The van der Waals surface area contributed by atoms with Crippen LogP contribution < -0.4 is 0 Å². The highest BCUT2D eigenvalue weighted by molar-refractivity contribution is 6.00.